The molecule has 6 nitrogen and oxygen atoms in total. The first-order valence-electron chi connectivity index (χ1n) is 7.89. The first-order chi connectivity index (χ1) is 13.2. The molecule has 1 unspecified atom stereocenters. The van der Waals surface area contributed by atoms with Gasteiger partial charge in [0.05, 0.1) is 12.1 Å². The van der Waals surface area contributed by atoms with Gasteiger partial charge in [-0.25, -0.2) is 9.59 Å². The summed E-state index contributed by atoms with van der Waals surface area (Å²) < 4.78 is 49.1. The van der Waals surface area contributed by atoms with Crippen molar-refractivity contribution in [2.24, 2.45) is 0 Å². The van der Waals surface area contributed by atoms with Crippen molar-refractivity contribution in [1.29, 1.82) is 0 Å². The lowest BCUT2D eigenvalue weighted by atomic mass is 10.1. The number of carbonyl (C=O) groups is 2. The predicted molar refractivity (Wildman–Crippen MR) is 93.3 cm³/mol. The van der Waals surface area contributed by atoms with E-state index in [0.717, 1.165) is 18.2 Å². The maximum Gasteiger partial charge on any atom is 0.416 e. The zero-order valence-corrected chi connectivity index (χ0v) is 15.0. The third kappa shape index (κ3) is 6.34. The van der Waals surface area contributed by atoms with E-state index in [1.165, 1.54) is 30.3 Å². The van der Waals surface area contributed by atoms with Crippen LogP contribution >= 0.6 is 11.6 Å². The number of nitrogens with one attached hydrogen (secondary N) is 1. The summed E-state index contributed by atoms with van der Waals surface area (Å²) in [6, 6.07) is 9.98. The fourth-order valence-electron chi connectivity index (χ4n) is 2.16. The van der Waals surface area contributed by atoms with Gasteiger partial charge in [-0.15, -0.1) is 0 Å². The molecule has 2 aromatic rings. The van der Waals surface area contributed by atoms with Crippen LogP contribution in [0.2, 0.25) is 5.02 Å². The summed E-state index contributed by atoms with van der Waals surface area (Å²) in [5, 5.41) is 10.9. The van der Waals surface area contributed by atoms with Crippen LogP contribution in [0.5, 0.6) is 5.75 Å². The van der Waals surface area contributed by atoms with E-state index in [9.17, 15) is 22.8 Å². The molecule has 150 valence electrons. The number of alkyl halides is 3. The van der Waals surface area contributed by atoms with Gasteiger partial charge in [0.2, 0.25) is 6.10 Å². The highest BCUT2D eigenvalue weighted by Crippen LogP contribution is 2.33. The number of ether oxygens (including phenoxy) is 2. The third-order valence-corrected chi connectivity index (χ3v) is 3.68. The lowest BCUT2D eigenvalue weighted by Crippen LogP contribution is -2.28. The van der Waals surface area contributed by atoms with Gasteiger partial charge in [-0.2, -0.15) is 13.2 Å². The van der Waals surface area contributed by atoms with E-state index in [1.54, 1.807) is 0 Å². The summed E-state index contributed by atoms with van der Waals surface area (Å²) in [5.41, 5.74) is -0.628. The number of hydrogen-bond donors (Lipinski definition) is 2. The van der Waals surface area contributed by atoms with Gasteiger partial charge in [-0.3, -0.25) is 0 Å². The van der Waals surface area contributed by atoms with Crippen LogP contribution in [0.4, 0.5) is 18.0 Å². The minimum Gasteiger partial charge on any atom is -0.474 e. The van der Waals surface area contributed by atoms with Crippen LogP contribution in [-0.2, 0) is 15.7 Å². The molecule has 0 heterocycles. The lowest BCUT2D eigenvalue weighted by molar-refractivity contribution is -0.152. The normalized spacial score (nSPS) is 12.1. The molecule has 0 aromatic heterocycles. The fraction of sp³-hybridized carbons (Fsp3) is 0.222. The van der Waals surface area contributed by atoms with Crippen LogP contribution in [0.3, 0.4) is 0 Å². The summed E-state index contributed by atoms with van der Waals surface area (Å²) in [7, 11) is 0. The molecule has 1 amide bonds. The summed E-state index contributed by atoms with van der Waals surface area (Å²) in [6.45, 7) is -0.431. The Hall–Kier alpha value is -2.94. The first-order valence-corrected chi connectivity index (χ1v) is 8.27. The molecule has 0 saturated heterocycles. The Morgan fingerprint density at radius 3 is 2.43 bits per heavy atom. The second-order valence-corrected chi connectivity index (χ2v) is 5.91. The highest BCUT2D eigenvalue weighted by atomic mass is 35.5. The monoisotopic (exact) mass is 417 g/mol. The van der Waals surface area contributed by atoms with Gasteiger partial charge in [-0.05, 0) is 30.3 Å². The Bertz CT molecular complexity index is 827. The van der Waals surface area contributed by atoms with Crippen molar-refractivity contribution in [3.05, 3.63) is 64.7 Å². The quantitative estimate of drug-likeness (QED) is 0.518. The number of carbonyl (C=O) groups excluding carboxylic acids is 1. The second kappa shape index (κ2) is 9.32. The Balaban J connectivity index is 2.20. The van der Waals surface area contributed by atoms with Crippen molar-refractivity contribution < 1.29 is 37.3 Å². The van der Waals surface area contributed by atoms with Crippen LogP contribution in [0.25, 0.3) is 0 Å². The lowest BCUT2D eigenvalue weighted by Gasteiger charge is -2.19. The molecule has 2 rings (SSSR count). The van der Waals surface area contributed by atoms with E-state index >= 15 is 0 Å². The van der Waals surface area contributed by atoms with Crippen molar-refractivity contribution in [1.82, 2.24) is 5.32 Å². The molecule has 1 atom stereocenters. The molecule has 0 aliphatic carbocycles. The molecular weight excluding hydrogens is 403 g/mol. The molecular formula is C18H15ClF3NO5. The zero-order chi connectivity index (χ0) is 20.7. The molecule has 0 spiro atoms. The van der Waals surface area contributed by atoms with E-state index in [4.69, 9.17) is 26.2 Å². The van der Waals surface area contributed by atoms with E-state index < -0.39 is 29.9 Å². The SMILES string of the molecule is O=C(O)NCCOC(=O)C(Oc1cccc(C(F)(F)F)c1)c1ccc(Cl)cc1. The number of benzene rings is 2. The number of carboxylic acid groups (broad SMARTS) is 1. The van der Waals surface area contributed by atoms with Crippen LogP contribution < -0.4 is 10.1 Å². The van der Waals surface area contributed by atoms with Gasteiger partial charge in [0.15, 0.2) is 0 Å². The molecule has 0 aliphatic heterocycles. The minimum atomic E-state index is -4.57. The van der Waals surface area contributed by atoms with Gasteiger partial charge < -0.3 is 19.9 Å². The molecule has 28 heavy (non-hydrogen) atoms. The van der Waals surface area contributed by atoms with Crippen molar-refractivity contribution in [2.75, 3.05) is 13.2 Å². The van der Waals surface area contributed by atoms with Gasteiger partial charge in [-0.1, -0.05) is 29.8 Å². The van der Waals surface area contributed by atoms with Gasteiger partial charge >= 0.3 is 18.2 Å². The second-order valence-electron chi connectivity index (χ2n) is 5.47. The number of amides is 1. The summed E-state index contributed by atoms with van der Waals surface area (Å²) in [4.78, 5) is 22.8. The molecule has 10 heteroatoms. The highest BCUT2D eigenvalue weighted by Gasteiger charge is 2.31. The summed E-state index contributed by atoms with van der Waals surface area (Å²) in [5.74, 6) is -1.08. The molecule has 2 N–H and O–H groups in total. The topological polar surface area (TPSA) is 84.9 Å². The Morgan fingerprint density at radius 2 is 1.82 bits per heavy atom. The molecule has 0 aliphatic rings. The van der Waals surface area contributed by atoms with Gasteiger partial charge in [0, 0.05) is 10.6 Å². The van der Waals surface area contributed by atoms with E-state index in [2.05, 4.69) is 0 Å². The van der Waals surface area contributed by atoms with Crippen molar-refractivity contribution in [3.8, 4) is 5.75 Å². The largest absolute Gasteiger partial charge is 0.474 e. The van der Waals surface area contributed by atoms with Crippen LogP contribution in [-0.4, -0.2) is 30.3 Å². The van der Waals surface area contributed by atoms with Crippen LogP contribution in [0.15, 0.2) is 48.5 Å². The van der Waals surface area contributed by atoms with Crippen molar-refractivity contribution in [2.45, 2.75) is 12.3 Å². The first kappa shape index (κ1) is 21.4. The van der Waals surface area contributed by atoms with Crippen LogP contribution in [0.1, 0.15) is 17.2 Å². The Morgan fingerprint density at radius 1 is 1.14 bits per heavy atom. The number of esters is 1. The molecule has 0 bridgehead atoms. The maximum absolute atomic E-state index is 12.9. The van der Waals surface area contributed by atoms with Gasteiger partial charge in [0.1, 0.15) is 12.4 Å². The van der Waals surface area contributed by atoms with E-state index in [1.807, 2.05) is 5.32 Å². The Kier molecular flexibility index (Phi) is 7.11. The third-order valence-electron chi connectivity index (χ3n) is 3.42. The number of hydrogen-bond acceptors (Lipinski definition) is 4. The molecule has 0 saturated carbocycles. The van der Waals surface area contributed by atoms with Crippen LogP contribution in [0, 0.1) is 0 Å². The van der Waals surface area contributed by atoms with E-state index in [0.29, 0.717) is 10.6 Å². The van der Waals surface area contributed by atoms with E-state index in [-0.39, 0.29) is 18.9 Å². The van der Waals surface area contributed by atoms with Crippen molar-refractivity contribution >= 4 is 23.7 Å². The van der Waals surface area contributed by atoms with Gasteiger partial charge in [0.25, 0.3) is 0 Å². The highest BCUT2D eigenvalue weighted by molar-refractivity contribution is 6.30. The molecule has 0 radical (unpaired) electrons. The standard InChI is InChI=1S/C18H15ClF3NO5/c19-13-6-4-11(5-7-13)15(16(24)27-9-8-23-17(25)26)28-14-3-1-2-12(10-14)18(20,21)22/h1-7,10,15,23H,8-9H2,(H,25,26). The smallest absolute Gasteiger partial charge is 0.416 e. The summed E-state index contributed by atoms with van der Waals surface area (Å²) >= 11 is 5.81. The maximum atomic E-state index is 12.9. The predicted octanol–water partition coefficient (Wildman–Crippen LogP) is 4.29. The minimum absolute atomic E-state index is 0.155. The van der Waals surface area contributed by atoms with Crippen molar-refractivity contribution in [3.63, 3.8) is 0 Å². The number of rotatable bonds is 7. The average Bonchev–Trinajstić information content (AvgIpc) is 2.63. The fourth-order valence-corrected chi connectivity index (χ4v) is 2.28. The zero-order valence-electron chi connectivity index (χ0n) is 14.2. The number of halogens is 4. The molecule has 2 aromatic carbocycles. The Labute approximate surface area is 162 Å². The average molecular weight is 418 g/mol. The summed E-state index contributed by atoms with van der Waals surface area (Å²) in [6.07, 6.45) is -7.23. The molecule has 0 fully saturated rings.